The van der Waals surface area contributed by atoms with Crippen LogP contribution in [0.15, 0.2) is 30.7 Å². The summed E-state index contributed by atoms with van der Waals surface area (Å²) in [6.45, 7) is 0. The van der Waals surface area contributed by atoms with E-state index >= 15 is 0 Å². The molecule has 158 valence electrons. The second-order valence-corrected chi connectivity index (χ2v) is 8.18. The van der Waals surface area contributed by atoms with Crippen LogP contribution in [0.1, 0.15) is 12.8 Å². The van der Waals surface area contributed by atoms with Gasteiger partial charge in [0.25, 0.3) is 0 Å². The van der Waals surface area contributed by atoms with Crippen molar-refractivity contribution in [2.24, 2.45) is 0 Å². The monoisotopic (exact) mass is 466 g/mol. The number of nitrogens with zero attached hydrogens (tertiary/aromatic N) is 4. The molecule has 0 radical (unpaired) electrons. The third-order valence-corrected chi connectivity index (χ3v) is 5.72. The molecular formula is C17H18ClF3N4O2S2. The van der Waals surface area contributed by atoms with Gasteiger partial charge >= 0.3 is 6.18 Å². The number of pyridine rings is 1. The number of thioether (sulfide) groups is 2. The number of anilines is 1. The van der Waals surface area contributed by atoms with E-state index in [9.17, 15) is 22.8 Å². The molecule has 0 aliphatic carbocycles. The van der Waals surface area contributed by atoms with Gasteiger partial charge in [-0.2, -0.15) is 41.8 Å². The summed E-state index contributed by atoms with van der Waals surface area (Å²) in [5.74, 6) is -1.22. The third kappa shape index (κ3) is 6.13. The molecule has 0 aliphatic rings. The Morgan fingerprint density at radius 1 is 1.31 bits per heavy atom. The van der Waals surface area contributed by atoms with Crippen molar-refractivity contribution < 1.29 is 22.8 Å². The molecule has 0 aromatic carbocycles. The fraction of sp³-hybridized carbons (Fsp3) is 0.412. The second kappa shape index (κ2) is 10.4. The van der Waals surface area contributed by atoms with Crippen molar-refractivity contribution in [3.05, 3.63) is 35.9 Å². The van der Waals surface area contributed by atoms with Crippen LogP contribution in [-0.2, 0) is 9.59 Å². The SMILES string of the molecule is CSCCC(=O)N(C(=O)CC(SC)C(F)(F)F)c1cn(-c2cccnc2)nc1Cl. The van der Waals surface area contributed by atoms with Crippen LogP contribution in [0.2, 0.25) is 5.15 Å². The summed E-state index contributed by atoms with van der Waals surface area (Å²) in [5.41, 5.74) is 0.454. The quantitative estimate of drug-likeness (QED) is 0.580. The minimum Gasteiger partial charge on any atom is -0.274 e. The first-order chi connectivity index (χ1) is 13.7. The standard InChI is InChI=1S/C17H18ClF3N4O2S2/c1-28-7-5-14(26)25(15(27)8-13(29-2)17(19,20)21)12-10-24(23-16(12)18)11-4-3-6-22-9-11/h3-4,6,9-10,13H,5,7-8H2,1-2H3. The molecule has 0 saturated heterocycles. The molecule has 0 spiro atoms. The molecule has 2 rings (SSSR count). The predicted molar refractivity (Wildman–Crippen MR) is 110 cm³/mol. The average Bonchev–Trinajstić information content (AvgIpc) is 3.05. The number of amides is 2. The van der Waals surface area contributed by atoms with Gasteiger partial charge in [-0.05, 0) is 24.6 Å². The fourth-order valence-electron chi connectivity index (χ4n) is 2.41. The topological polar surface area (TPSA) is 68.1 Å². The Kier molecular flexibility index (Phi) is 8.41. The normalized spacial score (nSPS) is 12.6. The molecule has 0 saturated carbocycles. The number of alkyl halides is 3. The minimum atomic E-state index is -4.58. The second-order valence-electron chi connectivity index (χ2n) is 5.80. The zero-order chi connectivity index (χ0) is 21.6. The summed E-state index contributed by atoms with van der Waals surface area (Å²) in [4.78, 5) is 30.0. The van der Waals surface area contributed by atoms with Crippen molar-refractivity contribution in [1.29, 1.82) is 0 Å². The molecule has 2 amide bonds. The Hall–Kier alpha value is -1.72. The first-order valence-electron chi connectivity index (χ1n) is 8.28. The number of halogens is 4. The lowest BCUT2D eigenvalue weighted by Gasteiger charge is -2.23. The average molecular weight is 467 g/mol. The highest BCUT2D eigenvalue weighted by atomic mass is 35.5. The van der Waals surface area contributed by atoms with Gasteiger partial charge in [0, 0.05) is 24.8 Å². The molecular weight excluding hydrogens is 449 g/mol. The number of carbonyl (C=O) groups excluding carboxylic acids is 2. The van der Waals surface area contributed by atoms with Crippen LogP contribution >= 0.6 is 35.1 Å². The highest BCUT2D eigenvalue weighted by Gasteiger charge is 2.42. The van der Waals surface area contributed by atoms with Gasteiger partial charge in [-0.3, -0.25) is 14.6 Å². The largest absolute Gasteiger partial charge is 0.401 e. The van der Waals surface area contributed by atoms with E-state index in [1.165, 1.54) is 35.1 Å². The van der Waals surface area contributed by atoms with Crippen molar-refractivity contribution in [3.63, 3.8) is 0 Å². The van der Waals surface area contributed by atoms with E-state index in [-0.39, 0.29) is 17.3 Å². The van der Waals surface area contributed by atoms with Crippen LogP contribution < -0.4 is 4.90 Å². The van der Waals surface area contributed by atoms with E-state index in [4.69, 9.17) is 11.6 Å². The van der Waals surface area contributed by atoms with Crippen LogP contribution in [0.4, 0.5) is 18.9 Å². The van der Waals surface area contributed by atoms with Gasteiger partial charge in [-0.1, -0.05) is 11.6 Å². The van der Waals surface area contributed by atoms with Crippen molar-refractivity contribution in [1.82, 2.24) is 14.8 Å². The molecule has 6 nitrogen and oxygen atoms in total. The molecule has 2 heterocycles. The van der Waals surface area contributed by atoms with Crippen LogP contribution in [0.25, 0.3) is 5.69 Å². The van der Waals surface area contributed by atoms with Crippen LogP contribution in [0.5, 0.6) is 0 Å². The molecule has 0 bridgehead atoms. The van der Waals surface area contributed by atoms with E-state index in [2.05, 4.69) is 10.1 Å². The number of carbonyl (C=O) groups is 2. The third-order valence-electron chi connectivity index (χ3n) is 3.83. The van der Waals surface area contributed by atoms with Gasteiger partial charge in [-0.25, -0.2) is 9.58 Å². The summed E-state index contributed by atoms with van der Waals surface area (Å²) in [6.07, 6.45) is 1.92. The van der Waals surface area contributed by atoms with Gasteiger partial charge in [0.2, 0.25) is 11.8 Å². The van der Waals surface area contributed by atoms with E-state index < -0.39 is 29.7 Å². The molecule has 29 heavy (non-hydrogen) atoms. The highest BCUT2D eigenvalue weighted by molar-refractivity contribution is 7.99. The minimum absolute atomic E-state index is 0.0305. The lowest BCUT2D eigenvalue weighted by Crippen LogP contribution is -2.41. The summed E-state index contributed by atoms with van der Waals surface area (Å²) in [7, 11) is 0. The van der Waals surface area contributed by atoms with Crippen molar-refractivity contribution in [3.8, 4) is 5.69 Å². The fourth-order valence-corrected chi connectivity index (χ4v) is 3.58. The zero-order valence-corrected chi connectivity index (χ0v) is 17.9. The molecule has 0 N–H and O–H groups in total. The Labute approximate surface area is 179 Å². The first-order valence-corrected chi connectivity index (χ1v) is 11.3. The number of hydrogen-bond donors (Lipinski definition) is 0. The lowest BCUT2D eigenvalue weighted by molar-refractivity contribution is -0.140. The molecule has 0 aliphatic heterocycles. The Balaban J connectivity index is 2.39. The maximum absolute atomic E-state index is 13.1. The van der Waals surface area contributed by atoms with Gasteiger partial charge in [0.1, 0.15) is 10.9 Å². The number of hydrogen-bond acceptors (Lipinski definition) is 6. The highest BCUT2D eigenvalue weighted by Crippen LogP contribution is 2.34. The Morgan fingerprint density at radius 2 is 2.03 bits per heavy atom. The Bertz CT molecular complexity index is 849. The summed E-state index contributed by atoms with van der Waals surface area (Å²) in [6, 6.07) is 3.33. The van der Waals surface area contributed by atoms with E-state index in [1.807, 2.05) is 0 Å². The zero-order valence-electron chi connectivity index (χ0n) is 15.5. The molecule has 0 fully saturated rings. The lowest BCUT2D eigenvalue weighted by atomic mass is 10.2. The number of imide groups is 1. The van der Waals surface area contributed by atoms with Crippen molar-refractivity contribution in [2.45, 2.75) is 24.3 Å². The summed E-state index contributed by atoms with van der Waals surface area (Å²) >= 11 is 8.02. The molecule has 2 aromatic heterocycles. The van der Waals surface area contributed by atoms with Crippen molar-refractivity contribution in [2.75, 3.05) is 23.2 Å². The van der Waals surface area contributed by atoms with Crippen molar-refractivity contribution >= 4 is 52.6 Å². The number of rotatable bonds is 8. The molecule has 1 atom stereocenters. The summed E-state index contributed by atoms with van der Waals surface area (Å²) in [5, 5.41) is 1.95. The van der Waals surface area contributed by atoms with Crippen LogP contribution in [-0.4, -0.2) is 56.3 Å². The Morgan fingerprint density at radius 3 is 2.59 bits per heavy atom. The van der Waals surface area contributed by atoms with Gasteiger partial charge in [0.05, 0.1) is 18.1 Å². The first kappa shape index (κ1) is 23.6. The van der Waals surface area contributed by atoms with Gasteiger partial charge in [-0.15, -0.1) is 0 Å². The van der Waals surface area contributed by atoms with Crippen LogP contribution in [0, 0.1) is 0 Å². The summed E-state index contributed by atoms with van der Waals surface area (Å²) < 4.78 is 40.7. The number of aromatic nitrogens is 3. The maximum Gasteiger partial charge on any atom is 0.401 e. The maximum atomic E-state index is 13.1. The smallest absolute Gasteiger partial charge is 0.274 e. The van der Waals surface area contributed by atoms with Crippen LogP contribution in [0.3, 0.4) is 0 Å². The van der Waals surface area contributed by atoms with E-state index in [0.717, 1.165) is 0 Å². The predicted octanol–water partition coefficient (Wildman–Crippen LogP) is 4.22. The molecule has 12 heteroatoms. The van der Waals surface area contributed by atoms with E-state index in [1.54, 1.807) is 24.6 Å². The van der Waals surface area contributed by atoms with Gasteiger partial charge < -0.3 is 0 Å². The van der Waals surface area contributed by atoms with Gasteiger partial charge in [0.15, 0.2) is 5.15 Å². The van der Waals surface area contributed by atoms with E-state index in [0.29, 0.717) is 28.1 Å². The molecule has 1 unspecified atom stereocenters. The molecule has 2 aromatic rings.